The predicted octanol–water partition coefficient (Wildman–Crippen LogP) is 7.60. The lowest BCUT2D eigenvalue weighted by molar-refractivity contribution is -0.223. The SMILES string of the molecule is CC/C=C/C/C=C/C/C=C/C/C=C/C/C=C/C/C=C/CCC(=O)NCCOC(=O)CCCCCCCOP(=O)([O-])OC. The van der Waals surface area contributed by atoms with E-state index < -0.39 is 7.82 Å². The Kier molecular flexibility index (Phi) is 28.2. The van der Waals surface area contributed by atoms with Gasteiger partial charge in [-0.25, -0.2) is 0 Å². The second-order valence-electron chi connectivity index (χ2n) is 9.51. The van der Waals surface area contributed by atoms with Gasteiger partial charge in [0.15, 0.2) is 0 Å². The first-order valence-corrected chi connectivity index (χ1v) is 16.7. The van der Waals surface area contributed by atoms with E-state index in [-0.39, 0.29) is 25.1 Å². The molecular formula is C33H53NO7P-. The van der Waals surface area contributed by atoms with Gasteiger partial charge in [0.2, 0.25) is 5.91 Å². The van der Waals surface area contributed by atoms with Gasteiger partial charge in [-0.2, -0.15) is 0 Å². The van der Waals surface area contributed by atoms with Gasteiger partial charge in [-0.1, -0.05) is 99.1 Å². The molecule has 8 nitrogen and oxygen atoms in total. The molecule has 1 amide bonds. The first kappa shape index (κ1) is 39.5. The molecule has 9 heteroatoms. The number of nitrogens with one attached hydrogen (secondary N) is 1. The van der Waals surface area contributed by atoms with Crippen molar-refractivity contribution in [3.05, 3.63) is 72.9 Å². The van der Waals surface area contributed by atoms with Crippen LogP contribution in [0, 0.1) is 0 Å². The fourth-order valence-corrected chi connectivity index (χ4v) is 3.96. The summed E-state index contributed by atoms with van der Waals surface area (Å²) < 4.78 is 25.0. The normalized spacial score (nSPS) is 13.9. The summed E-state index contributed by atoms with van der Waals surface area (Å²) in [5.41, 5.74) is 0. The lowest BCUT2D eigenvalue weighted by atomic mass is 10.1. The van der Waals surface area contributed by atoms with Crippen molar-refractivity contribution in [2.45, 2.75) is 96.8 Å². The van der Waals surface area contributed by atoms with Crippen molar-refractivity contribution in [2.24, 2.45) is 0 Å². The number of amides is 1. The minimum Gasteiger partial charge on any atom is -0.756 e. The van der Waals surface area contributed by atoms with Crippen LogP contribution in [0.3, 0.4) is 0 Å². The zero-order valence-corrected chi connectivity index (χ0v) is 26.6. The zero-order chi connectivity index (χ0) is 31.0. The molecule has 0 aromatic heterocycles. The lowest BCUT2D eigenvalue weighted by Crippen LogP contribution is -2.27. The van der Waals surface area contributed by atoms with Crippen LogP contribution in [-0.2, 0) is 27.9 Å². The summed E-state index contributed by atoms with van der Waals surface area (Å²) in [6.07, 6.45) is 36.9. The third kappa shape index (κ3) is 30.4. The summed E-state index contributed by atoms with van der Waals surface area (Å²) in [5.74, 6) is -0.341. The largest absolute Gasteiger partial charge is 0.756 e. The van der Waals surface area contributed by atoms with Gasteiger partial charge >= 0.3 is 5.97 Å². The van der Waals surface area contributed by atoms with Crippen molar-refractivity contribution in [2.75, 3.05) is 26.9 Å². The molecule has 0 aliphatic carbocycles. The first-order chi connectivity index (χ1) is 20.4. The third-order valence-electron chi connectivity index (χ3n) is 5.82. The number of rotatable bonds is 27. The maximum atomic E-state index is 11.9. The van der Waals surface area contributed by atoms with Gasteiger partial charge in [-0.3, -0.25) is 14.2 Å². The second-order valence-corrected chi connectivity index (χ2v) is 11.0. The molecule has 0 fully saturated rings. The summed E-state index contributed by atoms with van der Waals surface area (Å²) >= 11 is 0. The second kappa shape index (κ2) is 30.0. The minimum atomic E-state index is -4.14. The Labute approximate surface area is 254 Å². The van der Waals surface area contributed by atoms with E-state index in [2.05, 4.69) is 88.1 Å². The van der Waals surface area contributed by atoms with Crippen LogP contribution in [0.4, 0.5) is 0 Å². The van der Waals surface area contributed by atoms with E-state index in [0.29, 0.717) is 38.6 Å². The quantitative estimate of drug-likeness (QED) is 0.0443. The smallest absolute Gasteiger partial charge is 0.305 e. The average Bonchev–Trinajstić information content (AvgIpc) is 2.97. The number of carbonyl (C=O) groups excluding carboxylic acids is 2. The van der Waals surface area contributed by atoms with Crippen LogP contribution in [0.25, 0.3) is 0 Å². The van der Waals surface area contributed by atoms with E-state index in [1.165, 1.54) is 0 Å². The standard InChI is InChI=1S/C33H54NO7P/c1-3-4-5-6-7-8-9-10-11-12-13-14-15-16-17-18-19-21-24-27-32(35)34-29-31-40-33(36)28-25-22-20-23-26-30-41-42(37,38)39-2/h4-5,7-8,10-11,13-14,16-17,19,21H,3,6,9,12,15,18,20,22-31H2,1-2H3,(H,34,35)(H,37,38)/p-1/b5-4+,8-7+,11-10+,14-13+,17-16+,21-19+. The molecule has 1 unspecified atom stereocenters. The van der Waals surface area contributed by atoms with E-state index in [4.69, 9.17) is 4.74 Å². The van der Waals surface area contributed by atoms with Gasteiger partial charge in [0.05, 0.1) is 13.2 Å². The van der Waals surface area contributed by atoms with Crippen molar-refractivity contribution in [3.63, 3.8) is 0 Å². The Morgan fingerprint density at radius 2 is 1.19 bits per heavy atom. The highest BCUT2D eigenvalue weighted by atomic mass is 31.2. The summed E-state index contributed by atoms with van der Waals surface area (Å²) in [6.45, 7) is 2.71. The molecule has 1 atom stereocenters. The van der Waals surface area contributed by atoms with Crippen molar-refractivity contribution >= 4 is 19.7 Å². The Hall–Kier alpha value is -2.51. The summed E-state index contributed by atoms with van der Waals surface area (Å²) in [4.78, 5) is 34.7. The van der Waals surface area contributed by atoms with Crippen LogP contribution < -0.4 is 10.2 Å². The fraction of sp³-hybridized carbons (Fsp3) is 0.576. The topological polar surface area (TPSA) is 114 Å². The van der Waals surface area contributed by atoms with Crippen LogP contribution in [0.15, 0.2) is 72.9 Å². The van der Waals surface area contributed by atoms with E-state index in [1.54, 1.807) is 0 Å². The van der Waals surface area contributed by atoms with Gasteiger partial charge in [0.25, 0.3) is 7.82 Å². The van der Waals surface area contributed by atoms with Gasteiger partial charge in [0.1, 0.15) is 6.61 Å². The van der Waals surface area contributed by atoms with Crippen LogP contribution >= 0.6 is 7.82 Å². The average molecular weight is 607 g/mol. The molecule has 42 heavy (non-hydrogen) atoms. The molecule has 0 bridgehead atoms. The number of hydrogen-bond donors (Lipinski definition) is 1. The Bertz CT molecular complexity index is 906. The Morgan fingerprint density at radius 1 is 0.690 bits per heavy atom. The zero-order valence-electron chi connectivity index (χ0n) is 25.8. The summed E-state index contributed by atoms with van der Waals surface area (Å²) in [7, 11) is -3.07. The molecule has 0 spiro atoms. The molecule has 0 rings (SSSR count). The van der Waals surface area contributed by atoms with Crippen molar-refractivity contribution in [3.8, 4) is 0 Å². The Balaban J connectivity index is 3.58. The summed E-state index contributed by atoms with van der Waals surface area (Å²) in [5, 5.41) is 2.76. The molecule has 0 saturated carbocycles. The monoisotopic (exact) mass is 606 g/mol. The third-order valence-corrected chi connectivity index (χ3v) is 6.77. The molecular weight excluding hydrogens is 553 g/mol. The highest BCUT2D eigenvalue weighted by molar-refractivity contribution is 7.45. The number of unbranched alkanes of at least 4 members (excludes halogenated alkanes) is 4. The lowest BCUT2D eigenvalue weighted by Gasteiger charge is -2.19. The summed E-state index contributed by atoms with van der Waals surface area (Å²) in [6, 6.07) is 0. The van der Waals surface area contributed by atoms with E-state index in [9.17, 15) is 19.0 Å². The van der Waals surface area contributed by atoms with Gasteiger partial charge in [-0.15, -0.1) is 0 Å². The molecule has 238 valence electrons. The van der Waals surface area contributed by atoms with Crippen LogP contribution in [0.5, 0.6) is 0 Å². The Morgan fingerprint density at radius 3 is 1.74 bits per heavy atom. The highest BCUT2D eigenvalue weighted by Gasteiger charge is 2.06. The number of phosphoric ester groups is 1. The molecule has 1 N–H and O–H groups in total. The number of ether oxygens (including phenoxy) is 1. The van der Waals surface area contributed by atoms with Gasteiger partial charge in [-0.05, 0) is 57.8 Å². The van der Waals surface area contributed by atoms with E-state index in [0.717, 1.165) is 64.9 Å². The molecule has 0 aromatic rings. The fourth-order valence-electron chi connectivity index (χ4n) is 3.50. The first-order valence-electron chi connectivity index (χ1n) is 15.2. The number of phosphoric acid groups is 1. The number of allylic oxidation sites excluding steroid dienone is 12. The minimum absolute atomic E-state index is 0.0617. The molecule has 0 radical (unpaired) electrons. The van der Waals surface area contributed by atoms with E-state index in [1.807, 2.05) is 6.08 Å². The number of carbonyl (C=O) groups is 2. The predicted molar refractivity (Wildman–Crippen MR) is 170 cm³/mol. The maximum absolute atomic E-state index is 11.9. The van der Waals surface area contributed by atoms with E-state index >= 15 is 0 Å². The molecule has 0 heterocycles. The molecule has 0 aromatic carbocycles. The van der Waals surface area contributed by atoms with Gasteiger partial charge < -0.3 is 24.0 Å². The van der Waals surface area contributed by atoms with Crippen molar-refractivity contribution in [1.29, 1.82) is 0 Å². The highest BCUT2D eigenvalue weighted by Crippen LogP contribution is 2.36. The molecule has 0 aliphatic heterocycles. The van der Waals surface area contributed by atoms with Crippen LogP contribution in [0.2, 0.25) is 0 Å². The molecule has 0 saturated heterocycles. The molecule has 0 aliphatic rings. The number of hydrogen-bond acceptors (Lipinski definition) is 7. The maximum Gasteiger partial charge on any atom is 0.305 e. The van der Waals surface area contributed by atoms with Crippen LogP contribution in [-0.4, -0.2) is 38.7 Å². The van der Waals surface area contributed by atoms with Crippen LogP contribution in [0.1, 0.15) is 96.8 Å². The van der Waals surface area contributed by atoms with Crippen molar-refractivity contribution < 1.29 is 32.8 Å². The number of esters is 1. The van der Waals surface area contributed by atoms with Gasteiger partial charge in [0, 0.05) is 20.0 Å². The van der Waals surface area contributed by atoms with Crippen molar-refractivity contribution in [1.82, 2.24) is 5.32 Å².